The van der Waals surface area contributed by atoms with Crippen molar-refractivity contribution in [2.45, 2.75) is 86.0 Å². The predicted octanol–water partition coefficient (Wildman–Crippen LogP) is 6.82. The lowest BCUT2D eigenvalue weighted by molar-refractivity contribution is 0.441. The molecule has 0 aromatic rings. The van der Waals surface area contributed by atoms with E-state index in [2.05, 4.69) is 69.9 Å². The summed E-state index contributed by atoms with van der Waals surface area (Å²) < 4.78 is 0. The first-order valence-corrected chi connectivity index (χ1v) is 16.2. The highest BCUT2D eigenvalue weighted by molar-refractivity contribution is 6.28. The van der Waals surface area contributed by atoms with Gasteiger partial charge in [0.15, 0.2) is 5.48 Å². The van der Waals surface area contributed by atoms with Gasteiger partial charge in [0.25, 0.3) is 0 Å². The minimum absolute atomic E-state index is 0.722. The highest BCUT2D eigenvalue weighted by Crippen LogP contribution is 2.31. The normalized spacial score (nSPS) is 21.5. The molecule has 4 aliphatic heterocycles. The Morgan fingerprint density at radius 2 is 1.58 bits per heavy atom. The van der Waals surface area contributed by atoms with Gasteiger partial charge in [-0.2, -0.15) is 4.98 Å². The number of rotatable bonds is 4. The molecule has 0 aromatic carbocycles. The van der Waals surface area contributed by atoms with Gasteiger partial charge in [-0.05, 0) is 69.0 Å². The molecule has 1 fully saturated rings. The number of aromatic nitrogens is 4. The van der Waals surface area contributed by atoms with Gasteiger partial charge in [0.1, 0.15) is 17.1 Å². The molecule has 43 heavy (non-hydrogen) atoms. The van der Waals surface area contributed by atoms with Gasteiger partial charge in [0.05, 0.1) is 11.4 Å². The van der Waals surface area contributed by atoms with E-state index in [9.17, 15) is 0 Å². The molecule has 6 rings (SSSR count). The van der Waals surface area contributed by atoms with Gasteiger partial charge in [-0.25, -0.2) is 9.88 Å². The zero-order chi connectivity index (χ0) is 30.8. The Bertz CT molecular complexity index is 1550. The first-order valence-electron chi connectivity index (χ1n) is 16.2. The van der Waals surface area contributed by atoms with Crippen molar-refractivity contribution in [3.63, 3.8) is 0 Å². The van der Waals surface area contributed by atoms with Crippen LogP contribution in [0.2, 0.25) is 0 Å². The summed E-state index contributed by atoms with van der Waals surface area (Å²) in [5.74, 6) is 2.48. The molecular formula is C35H50N8. The molecule has 0 atom stereocenters. The molecule has 0 bridgehead atoms. The number of likely N-dealkylation sites (tertiary alicyclic amines) is 1. The Morgan fingerprint density at radius 3 is 2.26 bits per heavy atom. The summed E-state index contributed by atoms with van der Waals surface area (Å²) in [5.41, 5.74) is 8.16. The smallest absolute Gasteiger partial charge is 0.218 e. The van der Waals surface area contributed by atoms with Crippen LogP contribution in [0.1, 0.15) is 86.0 Å². The summed E-state index contributed by atoms with van der Waals surface area (Å²) in [5, 5.41) is 0. The molecule has 0 aromatic heterocycles. The number of H-pyrrole nitrogens is 2. The third kappa shape index (κ3) is 7.35. The second-order valence-electron chi connectivity index (χ2n) is 11.0. The van der Waals surface area contributed by atoms with Gasteiger partial charge in [-0.3, -0.25) is 9.98 Å². The van der Waals surface area contributed by atoms with Crippen molar-refractivity contribution in [1.29, 1.82) is 0 Å². The number of allylic oxidation sites excluding steroid dienone is 5. The Labute approximate surface area is 257 Å². The minimum Gasteiger partial charge on any atom is -0.371 e. The number of aliphatic imine (C=N–C) groups is 2. The van der Waals surface area contributed by atoms with E-state index in [1.54, 1.807) is 0 Å². The topological polar surface area (TPSA) is 88.6 Å². The van der Waals surface area contributed by atoms with E-state index in [0.29, 0.717) is 0 Å². The molecule has 1 saturated heterocycles. The van der Waals surface area contributed by atoms with Crippen LogP contribution in [0.15, 0.2) is 63.8 Å². The Balaban J connectivity index is 0.000000475. The molecule has 0 spiro atoms. The lowest BCUT2D eigenvalue weighted by atomic mass is 9.94. The fraction of sp³-hybridized carbons (Fsp3) is 0.486. The standard InChI is InChI=1S/C27H30N8.C6H14.C2H6/c1-17-9-11-19(21(15-17)28-2)25-30-23-7-6-8-24-31-26(33-27(32-25)35(23)24)20-12-10-18(16-22(20)29-3)34-13-4-5-14-34;1-3-5-6-4-2;1-2/h6-8,10,12,15-16,31H,4-5,9,11,13-14H2,1-3H3,(H,32,33);3-6H2,1-2H3;1-2H3/b25-19+,26-20-,28-21?,29-22?;;. The van der Waals surface area contributed by atoms with E-state index >= 15 is 0 Å². The number of aromatic amines is 2. The number of anilines is 3. The molecule has 8 heteroatoms. The number of hydrogen-bond acceptors (Lipinski definition) is 6. The highest BCUT2D eigenvalue weighted by atomic mass is 15.4. The lowest BCUT2D eigenvalue weighted by Gasteiger charge is -2.27. The summed E-state index contributed by atoms with van der Waals surface area (Å²) >= 11 is 0. The average Bonchev–Trinajstić information content (AvgIpc) is 3.60. The molecule has 8 nitrogen and oxygen atoms in total. The monoisotopic (exact) mass is 582 g/mol. The molecular weight excluding hydrogens is 532 g/mol. The lowest BCUT2D eigenvalue weighted by Crippen LogP contribution is -2.35. The van der Waals surface area contributed by atoms with Gasteiger partial charge in [-0.15, -0.1) is 0 Å². The third-order valence-electron chi connectivity index (χ3n) is 8.00. The molecule has 0 radical (unpaired) electrons. The van der Waals surface area contributed by atoms with Crippen LogP contribution in [0.25, 0.3) is 11.1 Å². The van der Waals surface area contributed by atoms with Gasteiger partial charge < -0.3 is 14.9 Å². The predicted molar refractivity (Wildman–Crippen MR) is 183 cm³/mol. The van der Waals surface area contributed by atoms with E-state index in [-0.39, 0.29) is 0 Å². The first kappa shape index (κ1) is 32.0. The maximum absolute atomic E-state index is 4.98. The van der Waals surface area contributed by atoms with E-state index in [1.807, 2.05) is 51.0 Å². The third-order valence-corrected chi connectivity index (χ3v) is 8.00. The minimum atomic E-state index is 0.722. The van der Waals surface area contributed by atoms with Gasteiger partial charge in [0, 0.05) is 44.0 Å². The van der Waals surface area contributed by atoms with Crippen molar-refractivity contribution in [1.82, 2.24) is 24.8 Å². The van der Waals surface area contributed by atoms with Gasteiger partial charge >= 0.3 is 0 Å². The summed E-state index contributed by atoms with van der Waals surface area (Å²) in [6.07, 6.45) is 18.6. The summed E-state index contributed by atoms with van der Waals surface area (Å²) in [6, 6.07) is 6.07. The zero-order valence-corrected chi connectivity index (χ0v) is 27.3. The summed E-state index contributed by atoms with van der Waals surface area (Å²) in [6.45, 7) is 12.8. The van der Waals surface area contributed by atoms with Crippen molar-refractivity contribution in [3.05, 3.63) is 64.7 Å². The van der Waals surface area contributed by atoms with E-state index in [4.69, 9.17) is 9.97 Å². The Hall–Kier alpha value is -3.94. The number of nitrogens with one attached hydrogen (secondary N) is 2. The van der Waals surface area contributed by atoms with Crippen LogP contribution in [0.4, 0.5) is 17.6 Å². The van der Waals surface area contributed by atoms with Crippen LogP contribution in [0.5, 0.6) is 0 Å². The average molecular weight is 583 g/mol. The first-order chi connectivity index (χ1) is 21.1. The summed E-state index contributed by atoms with van der Waals surface area (Å²) in [4.78, 5) is 30.5. The van der Waals surface area contributed by atoms with Crippen LogP contribution in [-0.2, 0) is 0 Å². The van der Waals surface area contributed by atoms with Crippen molar-refractivity contribution in [3.8, 4) is 0 Å². The molecule has 2 N–H and O–H groups in total. The second-order valence-corrected chi connectivity index (χ2v) is 11.0. The van der Waals surface area contributed by atoms with Crippen molar-refractivity contribution in [2.24, 2.45) is 9.98 Å². The van der Waals surface area contributed by atoms with Crippen LogP contribution in [0, 0.1) is 0 Å². The van der Waals surface area contributed by atoms with Crippen LogP contribution < -0.4 is 15.9 Å². The quantitative estimate of drug-likeness (QED) is 0.330. The maximum Gasteiger partial charge on any atom is 0.218 e. The SMILES string of the molecule is CC.CCCCCC.CN=C1C=C(N2CCCC2)C=C/C1=c1\[nH]c2cccc3n/c(=C4/CCC(C)=CC4=NC)nc([nH]1)N32. The molecule has 6 aliphatic rings. The van der Waals surface area contributed by atoms with Crippen molar-refractivity contribution < 1.29 is 0 Å². The molecule has 0 unspecified atom stereocenters. The fourth-order valence-corrected chi connectivity index (χ4v) is 5.67. The van der Waals surface area contributed by atoms with E-state index in [1.165, 1.54) is 49.8 Å². The van der Waals surface area contributed by atoms with Crippen molar-refractivity contribution in [2.75, 3.05) is 32.1 Å². The van der Waals surface area contributed by atoms with Crippen LogP contribution in [0.3, 0.4) is 0 Å². The van der Waals surface area contributed by atoms with E-state index < -0.39 is 0 Å². The second kappa shape index (κ2) is 15.5. The fourth-order valence-electron chi connectivity index (χ4n) is 5.67. The van der Waals surface area contributed by atoms with Gasteiger partial charge in [0.2, 0.25) is 5.95 Å². The molecule has 4 heterocycles. The largest absolute Gasteiger partial charge is 0.371 e. The van der Waals surface area contributed by atoms with E-state index in [0.717, 1.165) is 77.0 Å². The summed E-state index contributed by atoms with van der Waals surface area (Å²) in [7, 11) is 3.68. The zero-order valence-electron chi connectivity index (χ0n) is 27.3. The molecule has 230 valence electrons. The van der Waals surface area contributed by atoms with Crippen molar-refractivity contribution >= 4 is 40.2 Å². The number of nitrogens with zero attached hydrogens (tertiary/aromatic N) is 6. The van der Waals surface area contributed by atoms with Crippen LogP contribution >= 0.6 is 0 Å². The van der Waals surface area contributed by atoms with Crippen LogP contribution in [-0.4, -0.2) is 63.4 Å². The highest BCUT2D eigenvalue weighted by Gasteiger charge is 2.25. The Morgan fingerprint density at radius 1 is 0.860 bits per heavy atom. The number of unbranched alkanes of at least 4 members (excludes halogenated alkanes) is 3. The molecule has 0 amide bonds. The maximum atomic E-state index is 4.98. The number of hydrogen-bond donors (Lipinski definition) is 2. The Kier molecular flexibility index (Phi) is 11.5. The van der Waals surface area contributed by atoms with Gasteiger partial charge in [-0.1, -0.05) is 65.0 Å². The molecule has 0 saturated carbocycles. The molecule has 2 aliphatic carbocycles.